The molecule has 1 saturated heterocycles. The van der Waals surface area contributed by atoms with Crippen LogP contribution in [-0.2, 0) is 15.1 Å². The molecule has 9 heteroatoms. The van der Waals surface area contributed by atoms with Crippen molar-refractivity contribution in [2.24, 2.45) is 0 Å². The van der Waals surface area contributed by atoms with E-state index in [0.717, 1.165) is 13.0 Å². The number of ether oxygens (including phenoxy) is 1. The smallest absolute Gasteiger partial charge is 0.302 e. The Morgan fingerprint density at radius 2 is 1.86 bits per heavy atom. The lowest BCUT2D eigenvalue weighted by Gasteiger charge is -2.43. The molecule has 2 aromatic rings. The second-order valence-corrected chi connectivity index (χ2v) is 7.62. The molecule has 1 aromatic heterocycles. The van der Waals surface area contributed by atoms with Crippen molar-refractivity contribution in [3.05, 3.63) is 53.1 Å². The molecule has 1 aliphatic heterocycles. The monoisotopic (exact) mass is 413 g/mol. The van der Waals surface area contributed by atoms with E-state index in [-0.39, 0.29) is 5.56 Å². The highest BCUT2D eigenvalue weighted by Crippen LogP contribution is 2.48. The Hall–Kier alpha value is -2.32. The lowest BCUT2D eigenvalue weighted by molar-refractivity contribution is -0.216. The molecule has 1 aliphatic rings. The number of nitrogens with zero attached hydrogens (tertiary/aromatic N) is 1. The van der Waals surface area contributed by atoms with Crippen molar-refractivity contribution in [2.75, 3.05) is 11.9 Å². The van der Waals surface area contributed by atoms with Crippen LogP contribution in [0.2, 0.25) is 5.15 Å². The standard InChI is InChI=1S/C19H19ClF3N3O2/c1-17(2)19(22,23)18(3,26-16(27)10-28-17)13-8-11(4-6-14(13)21)25-12-5-7-15(20)24-9-12/h4-9,25H,10H2,1-3H3,(H,26,27). The Labute approximate surface area is 165 Å². The highest BCUT2D eigenvalue weighted by Gasteiger charge is 2.64. The molecule has 1 unspecified atom stereocenters. The first-order chi connectivity index (χ1) is 13.0. The number of aromatic nitrogens is 1. The van der Waals surface area contributed by atoms with Crippen molar-refractivity contribution in [3.8, 4) is 0 Å². The molecule has 1 fully saturated rings. The summed E-state index contributed by atoms with van der Waals surface area (Å²) in [7, 11) is 0. The summed E-state index contributed by atoms with van der Waals surface area (Å²) in [5, 5.41) is 5.49. The molecule has 1 amide bonds. The van der Waals surface area contributed by atoms with Gasteiger partial charge in [0.25, 0.3) is 0 Å². The van der Waals surface area contributed by atoms with Gasteiger partial charge in [-0.15, -0.1) is 0 Å². The minimum Gasteiger partial charge on any atom is -0.359 e. The van der Waals surface area contributed by atoms with Gasteiger partial charge in [-0.3, -0.25) is 4.79 Å². The average molecular weight is 414 g/mol. The van der Waals surface area contributed by atoms with Crippen molar-refractivity contribution in [1.82, 2.24) is 10.3 Å². The zero-order valence-electron chi connectivity index (χ0n) is 15.4. The molecule has 0 spiro atoms. The fourth-order valence-electron chi connectivity index (χ4n) is 3.17. The molecule has 28 heavy (non-hydrogen) atoms. The molecule has 0 bridgehead atoms. The summed E-state index contributed by atoms with van der Waals surface area (Å²) >= 11 is 5.74. The van der Waals surface area contributed by atoms with Gasteiger partial charge in [-0.1, -0.05) is 11.6 Å². The molecular weight excluding hydrogens is 395 g/mol. The van der Waals surface area contributed by atoms with Gasteiger partial charge in [0.15, 0.2) is 0 Å². The molecule has 0 saturated carbocycles. The van der Waals surface area contributed by atoms with Crippen LogP contribution in [0.4, 0.5) is 24.5 Å². The fraction of sp³-hybridized carbons (Fsp3) is 0.368. The van der Waals surface area contributed by atoms with Crippen LogP contribution in [0.25, 0.3) is 0 Å². The van der Waals surface area contributed by atoms with E-state index < -0.39 is 35.4 Å². The van der Waals surface area contributed by atoms with Crippen molar-refractivity contribution in [2.45, 2.75) is 37.8 Å². The minimum absolute atomic E-state index is 0.292. The molecule has 1 aromatic carbocycles. The van der Waals surface area contributed by atoms with E-state index in [9.17, 15) is 9.18 Å². The third-order valence-corrected chi connectivity index (χ3v) is 5.08. The van der Waals surface area contributed by atoms with Crippen molar-refractivity contribution in [1.29, 1.82) is 0 Å². The fourth-order valence-corrected chi connectivity index (χ4v) is 3.28. The van der Waals surface area contributed by atoms with Crippen LogP contribution in [0, 0.1) is 5.82 Å². The highest BCUT2D eigenvalue weighted by molar-refractivity contribution is 6.29. The largest absolute Gasteiger partial charge is 0.359 e. The van der Waals surface area contributed by atoms with Gasteiger partial charge in [0, 0.05) is 11.3 Å². The van der Waals surface area contributed by atoms with E-state index in [1.807, 2.05) is 0 Å². The molecule has 150 valence electrons. The van der Waals surface area contributed by atoms with Gasteiger partial charge in [-0.25, -0.2) is 18.2 Å². The summed E-state index contributed by atoms with van der Waals surface area (Å²) in [5.74, 6) is -5.25. The predicted molar refractivity (Wildman–Crippen MR) is 99.4 cm³/mol. The summed E-state index contributed by atoms with van der Waals surface area (Å²) in [4.78, 5) is 16.0. The van der Waals surface area contributed by atoms with Crippen molar-refractivity contribution in [3.63, 3.8) is 0 Å². The normalized spacial score (nSPS) is 23.6. The number of carbonyl (C=O) groups is 1. The zero-order chi connectivity index (χ0) is 20.7. The minimum atomic E-state index is -3.62. The van der Waals surface area contributed by atoms with Gasteiger partial charge in [0.1, 0.15) is 28.7 Å². The number of amides is 1. The molecule has 1 atom stereocenters. The Morgan fingerprint density at radius 3 is 2.50 bits per heavy atom. The van der Waals surface area contributed by atoms with Crippen LogP contribution in [0.3, 0.4) is 0 Å². The van der Waals surface area contributed by atoms with Crippen LogP contribution in [0.5, 0.6) is 0 Å². The van der Waals surface area contributed by atoms with Crippen LogP contribution < -0.4 is 10.6 Å². The Balaban J connectivity index is 2.07. The second kappa shape index (κ2) is 6.93. The van der Waals surface area contributed by atoms with Crippen LogP contribution in [0.15, 0.2) is 36.5 Å². The second-order valence-electron chi connectivity index (χ2n) is 7.24. The van der Waals surface area contributed by atoms with E-state index in [2.05, 4.69) is 15.6 Å². The van der Waals surface area contributed by atoms with Gasteiger partial charge < -0.3 is 15.4 Å². The van der Waals surface area contributed by atoms with Crippen LogP contribution >= 0.6 is 11.6 Å². The lowest BCUT2D eigenvalue weighted by Crippen LogP contribution is -2.62. The summed E-state index contributed by atoms with van der Waals surface area (Å²) < 4.78 is 50.5. The number of nitrogens with one attached hydrogen (secondary N) is 2. The first kappa shape index (κ1) is 20.4. The maximum Gasteiger partial charge on any atom is 0.302 e. The molecular formula is C19H19ClF3N3O2. The van der Waals surface area contributed by atoms with Crippen molar-refractivity contribution >= 4 is 28.9 Å². The topological polar surface area (TPSA) is 63.2 Å². The number of rotatable bonds is 3. The summed E-state index contributed by atoms with van der Waals surface area (Å²) in [6, 6.07) is 6.89. The van der Waals surface area contributed by atoms with Gasteiger partial charge in [0.05, 0.1) is 11.9 Å². The van der Waals surface area contributed by atoms with Crippen LogP contribution in [-0.4, -0.2) is 29.0 Å². The highest BCUT2D eigenvalue weighted by atomic mass is 35.5. The quantitative estimate of drug-likeness (QED) is 0.732. The molecule has 0 aliphatic carbocycles. The number of carbonyl (C=O) groups excluding carboxylic acids is 1. The van der Waals surface area contributed by atoms with Gasteiger partial charge >= 0.3 is 5.92 Å². The third-order valence-electron chi connectivity index (χ3n) is 4.86. The molecule has 2 heterocycles. The molecule has 0 radical (unpaired) electrons. The number of hydrogen-bond acceptors (Lipinski definition) is 4. The SMILES string of the molecule is CC1(C)OCC(=O)NC(C)(c2cc(Nc3ccc(Cl)nc3)ccc2F)C1(F)F. The number of pyridine rings is 1. The molecule has 5 nitrogen and oxygen atoms in total. The maximum absolute atomic E-state index is 15.4. The van der Waals surface area contributed by atoms with E-state index in [1.54, 1.807) is 12.1 Å². The predicted octanol–water partition coefficient (Wildman–Crippen LogP) is 4.39. The average Bonchev–Trinajstić information content (AvgIpc) is 2.68. The van der Waals surface area contributed by atoms with Crippen LogP contribution in [0.1, 0.15) is 26.3 Å². The summed E-state index contributed by atoms with van der Waals surface area (Å²) in [5.41, 5.74) is -3.82. The van der Waals surface area contributed by atoms with E-state index in [4.69, 9.17) is 16.3 Å². The Kier molecular flexibility index (Phi) is 5.05. The zero-order valence-corrected chi connectivity index (χ0v) is 16.2. The van der Waals surface area contributed by atoms with E-state index in [1.165, 1.54) is 32.2 Å². The third kappa shape index (κ3) is 3.42. The Morgan fingerprint density at radius 1 is 1.18 bits per heavy atom. The number of alkyl halides is 2. The van der Waals surface area contributed by atoms with Gasteiger partial charge in [-0.05, 0) is 51.1 Å². The lowest BCUT2D eigenvalue weighted by atomic mass is 9.77. The van der Waals surface area contributed by atoms with E-state index >= 15 is 8.78 Å². The Bertz CT molecular complexity index is 906. The summed E-state index contributed by atoms with van der Waals surface area (Å²) in [6.07, 6.45) is 1.45. The molecule has 2 N–H and O–H groups in total. The van der Waals surface area contributed by atoms with Gasteiger partial charge in [0.2, 0.25) is 5.91 Å². The van der Waals surface area contributed by atoms with Crippen molar-refractivity contribution < 1.29 is 22.7 Å². The molecule has 3 rings (SSSR count). The van der Waals surface area contributed by atoms with E-state index in [0.29, 0.717) is 16.5 Å². The number of anilines is 2. The number of hydrogen-bond donors (Lipinski definition) is 2. The first-order valence-electron chi connectivity index (χ1n) is 8.48. The van der Waals surface area contributed by atoms with Gasteiger partial charge in [-0.2, -0.15) is 0 Å². The maximum atomic E-state index is 15.4. The summed E-state index contributed by atoms with van der Waals surface area (Å²) in [6.45, 7) is 2.89. The number of benzene rings is 1. The first-order valence-corrected chi connectivity index (χ1v) is 8.85. The number of halogens is 4.